The average Bonchev–Trinajstić information content (AvgIpc) is 1.82. The first kappa shape index (κ1) is 5.90. The van der Waals surface area contributed by atoms with E-state index in [2.05, 4.69) is 0 Å². The maximum absolute atomic E-state index is 5.44. The highest BCUT2D eigenvalue weighted by atomic mass is 31.2. The van der Waals surface area contributed by atoms with Gasteiger partial charge in [-0.25, -0.2) is 0 Å². The van der Waals surface area contributed by atoms with Gasteiger partial charge in [0.05, 0.1) is 18.3 Å². The molecule has 0 aromatic rings. The quantitative estimate of drug-likeness (QED) is 0.503. The molecule has 10 heavy (non-hydrogen) atoms. The van der Waals surface area contributed by atoms with Gasteiger partial charge in [0.15, 0.2) is 0 Å². The van der Waals surface area contributed by atoms with Crippen molar-refractivity contribution in [3.8, 4) is 0 Å². The second-order valence-electron chi connectivity index (χ2n) is 3.11. The number of hydrogen-bond donors (Lipinski definition) is 0. The highest BCUT2D eigenvalue weighted by Gasteiger charge is 2.46. The zero-order valence-electron chi connectivity index (χ0n) is 5.53. The zero-order chi connectivity index (χ0) is 6.55. The second-order valence-corrected chi connectivity index (χ2v) is 4.19. The van der Waals surface area contributed by atoms with E-state index >= 15 is 0 Å². The normalized spacial score (nSPS) is 57.6. The summed E-state index contributed by atoms with van der Waals surface area (Å²) in [4.78, 5) is 0. The molecule has 0 aromatic carbocycles. The highest BCUT2D eigenvalue weighted by molar-refractivity contribution is 7.41. The van der Waals surface area contributed by atoms with Crippen LogP contribution in [0.25, 0.3) is 0 Å². The zero-order valence-corrected chi connectivity index (χ0v) is 6.42. The molecular formula is C6H9O3P. The van der Waals surface area contributed by atoms with E-state index in [0.717, 1.165) is 19.3 Å². The summed E-state index contributed by atoms with van der Waals surface area (Å²) in [6.45, 7) is 0. The lowest BCUT2D eigenvalue weighted by atomic mass is 9.93. The van der Waals surface area contributed by atoms with Crippen molar-refractivity contribution < 1.29 is 13.6 Å². The third-order valence-corrected chi connectivity index (χ3v) is 3.69. The van der Waals surface area contributed by atoms with Gasteiger partial charge in [-0.3, -0.25) is 0 Å². The summed E-state index contributed by atoms with van der Waals surface area (Å²) in [5.41, 5.74) is 0. The van der Waals surface area contributed by atoms with Crippen LogP contribution in [0.1, 0.15) is 19.3 Å². The lowest BCUT2D eigenvalue weighted by molar-refractivity contribution is -0.106. The van der Waals surface area contributed by atoms with Crippen molar-refractivity contribution >= 4 is 8.60 Å². The maximum Gasteiger partial charge on any atom is 0.333 e. The van der Waals surface area contributed by atoms with Crippen LogP contribution in [0.15, 0.2) is 0 Å². The Bertz CT molecular complexity index is 105. The minimum atomic E-state index is -0.912. The van der Waals surface area contributed by atoms with Crippen molar-refractivity contribution in [3.05, 3.63) is 0 Å². The minimum Gasteiger partial charge on any atom is -0.309 e. The Morgan fingerprint density at radius 2 is 1.20 bits per heavy atom. The van der Waals surface area contributed by atoms with E-state index in [-0.39, 0.29) is 0 Å². The van der Waals surface area contributed by atoms with E-state index in [1.807, 2.05) is 0 Å². The van der Waals surface area contributed by atoms with E-state index in [1.165, 1.54) is 0 Å². The molecule has 3 heterocycles. The van der Waals surface area contributed by atoms with E-state index in [4.69, 9.17) is 13.6 Å². The molecule has 0 atom stereocenters. The first-order valence-corrected chi connectivity index (χ1v) is 4.80. The molecule has 0 N–H and O–H groups in total. The summed E-state index contributed by atoms with van der Waals surface area (Å²) in [5, 5.41) is 0. The third-order valence-electron chi connectivity index (χ3n) is 2.28. The SMILES string of the molecule is C1C2CC3CC1OP(O2)O3. The van der Waals surface area contributed by atoms with Crippen LogP contribution in [0.5, 0.6) is 0 Å². The molecule has 0 radical (unpaired) electrons. The van der Waals surface area contributed by atoms with Crippen LogP contribution in [-0.4, -0.2) is 18.3 Å². The van der Waals surface area contributed by atoms with Crippen molar-refractivity contribution in [2.75, 3.05) is 0 Å². The molecule has 4 rings (SSSR count). The van der Waals surface area contributed by atoms with Crippen LogP contribution in [0.2, 0.25) is 0 Å². The Hall–Kier alpha value is 0.310. The van der Waals surface area contributed by atoms with Gasteiger partial charge in [-0.1, -0.05) is 0 Å². The average molecular weight is 160 g/mol. The molecule has 4 heteroatoms. The lowest BCUT2D eigenvalue weighted by Gasteiger charge is -2.47. The molecule has 1 saturated carbocycles. The van der Waals surface area contributed by atoms with Gasteiger partial charge in [0.2, 0.25) is 0 Å². The van der Waals surface area contributed by atoms with Gasteiger partial charge in [-0.05, 0) is 0 Å². The molecule has 4 aliphatic rings. The van der Waals surface area contributed by atoms with Crippen LogP contribution in [0, 0.1) is 0 Å². The summed E-state index contributed by atoms with van der Waals surface area (Å²) < 4.78 is 16.3. The van der Waals surface area contributed by atoms with Crippen molar-refractivity contribution in [2.45, 2.75) is 37.6 Å². The van der Waals surface area contributed by atoms with Crippen LogP contribution >= 0.6 is 8.60 Å². The fourth-order valence-corrected chi connectivity index (χ4v) is 3.26. The molecule has 3 aliphatic heterocycles. The third kappa shape index (κ3) is 0.751. The Labute approximate surface area is 60.6 Å². The van der Waals surface area contributed by atoms with E-state index in [1.54, 1.807) is 0 Å². The molecule has 3 nitrogen and oxygen atoms in total. The first-order chi connectivity index (χ1) is 4.90. The van der Waals surface area contributed by atoms with Crippen LogP contribution in [0.4, 0.5) is 0 Å². The highest BCUT2D eigenvalue weighted by Crippen LogP contribution is 2.58. The fraction of sp³-hybridized carbons (Fsp3) is 1.00. The molecule has 4 fully saturated rings. The van der Waals surface area contributed by atoms with Crippen molar-refractivity contribution in [3.63, 3.8) is 0 Å². The summed E-state index contributed by atoms with van der Waals surface area (Å²) in [7, 11) is -0.912. The van der Waals surface area contributed by atoms with Gasteiger partial charge in [0.25, 0.3) is 0 Å². The predicted molar refractivity (Wildman–Crippen MR) is 35.4 cm³/mol. The largest absolute Gasteiger partial charge is 0.333 e. The maximum atomic E-state index is 5.44. The molecule has 0 amide bonds. The summed E-state index contributed by atoms with van der Waals surface area (Å²) >= 11 is 0. The predicted octanol–water partition coefficient (Wildman–Crippen LogP) is 1.58. The molecule has 0 spiro atoms. The van der Waals surface area contributed by atoms with Crippen LogP contribution in [-0.2, 0) is 13.6 Å². The first-order valence-electron chi connectivity index (χ1n) is 3.70. The second kappa shape index (κ2) is 1.92. The van der Waals surface area contributed by atoms with Gasteiger partial charge in [-0.2, -0.15) is 0 Å². The van der Waals surface area contributed by atoms with Gasteiger partial charge in [0, 0.05) is 19.3 Å². The Kier molecular flexibility index (Phi) is 1.13. The Balaban J connectivity index is 1.90. The smallest absolute Gasteiger partial charge is 0.309 e. The van der Waals surface area contributed by atoms with E-state index in [9.17, 15) is 0 Å². The van der Waals surface area contributed by atoms with Gasteiger partial charge < -0.3 is 13.6 Å². The van der Waals surface area contributed by atoms with Crippen LogP contribution in [0.3, 0.4) is 0 Å². The molecule has 0 aromatic heterocycles. The number of hydrogen-bond acceptors (Lipinski definition) is 3. The monoisotopic (exact) mass is 160 g/mol. The molecule has 1 aliphatic carbocycles. The topological polar surface area (TPSA) is 27.7 Å². The fourth-order valence-electron chi connectivity index (χ4n) is 1.87. The molecule has 0 unspecified atom stereocenters. The molecular weight excluding hydrogens is 151 g/mol. The molecule has 56 valence electrons. The van der Waals surface area contributed by atoms with E-state index < -0.39 is 8.60 Å². The minimum absolute atomic E-state index is 0.456. The summed E-state index contributed by atoms with van der Waals surface area (Å²) in [6, 6.07) is 0. The summed E-state index contributed by atoms with van der Waals surface area (Å²) in [5.74, 6) is 0. The van der Waals surface area contributed by atoms with E-state index in [0.29, 0.717) is 18.3 Å². The van der Waals surface area contributed by atoms with Gasteiger partial charge in [-0.15, -0.1) is 0 Å². The van der Waals surface area contributed by atoms with Crippen molar-refractivity contribution in [2.24, 2.45) is 0 Å². The summed E-state index contributed by atoms with van der Waals surface area (Å²) in [6.07, 6.45) is 4.66. The number of rotatable bonds is 0. The van der Waals surface area contributed by atoms with Gasteiger partial charge in [0.1, 0.15) is 0 Å². The lowest BCUT2D eigenvalue weighted by Crippen LogP contribution is -2.44. The Morgan fingerprint density at radius 1 is 0.800 bits per heavy atom. The Morgan fingerprint density at radius 3 is 1.50 bits per heavy atom. The molecule has 3 saturated heterocycles. The molecule has 4 bridgehead atoms. The van der Waals surface area contributed by atoms with Crippen molar-refractivity contribution in [1.29, 1.82) is 0 Å². The van der Waals surface area contributed by atoms with Gasteiger partial charge >= 0.3 is 8.60 Å². The van der Waals surface area contributed by atoms with Crippen molar-refractivity contribution in [1.82, 2.24) is 0 Å². The standard InChI is InChI=1S/C6H9O3P/c1-4-2-6-3-5(1)8-10(7-4)9-6/h4-6H,1-3H2. The van der Waals surface area contributed by atoms with Crippen LogP contribution < -0.4 is 0 Å².